The van der Waals surface area contributed by atoms with E-state index in [1.165, 1.54) is 12.1 Å². The second-order valence-corrected chi connectivity index (χ2v) is 6.07. The minimum Gasteiger partial charge on any atom is -0.491 e. The number of ether oxygens (including phenoxy) is 1. The lowest BCUT2D eigenvalue weighted by Gasteiger charge is -2.16. The second-order valence-electron chi connectivity index (χ2n) is 6.07. The molecule has 0 aromatic heterocycles. The summed E-state index contributed by atoms with van der Waals surface area (Å²) >= 11 is 0. The molecule has 0 saturated heterocycles. The van der Waals surface area contributed by atoms with E-state index in [1.807, 2.05) is 19.9 Å². The third-order valence-electron chi connectivity index (χ3n) is 3.43. The van der Waals surface area contributed by atoms with Crippen LogP contribution >= 0.6 is 0 Å². The van der Waals surface area contributed by atoms with Gasteiger partial charge in [0.05, 0.1) is 18.4 Å². The molecule has 0 aliphatic carbocycles. The van der Waals surface area contributed by atoms with E-state index in [2.05, 4.69) is 10.6 Å². The Hall–Kier alpha value is -2.60. The number of nitrogens with one attached hydrogen (secondary N) is 2. The van der Waals surface area contributed by atoms with Crippen molar-refractivity contribution in [3.8, 4) is 5.75 Å². The van der Waals surface area contributed by atoms with Crippen molar-refractivity contribution < 1.29 is 19.0 Å². The number of anilines is 1. The predicted molar refractivity (Wildman–Crippen MR) is 95.2 cm³/mol. The number of benzene rings is 2. The minimum atomic E-state index is -1.13. The number of hydrogen-bond acceptors (Lipinski definition) is 3. The number of para-hydroxylation sites is 2. The van der Waals surface area contributed by atoms with Gasteiger partial charge in [-0.15, -0.1) is 0 Å². The van der Waals surface area contributed by atoms with Gasteiger partial charge in [-0.25, -0.2) is 9.18 Å². The van der Waals surface area contributed by atoms with Crippen molar-refractivity contribution >= 4 is 11.7 Å². The van der Waals surface area contributed by atoms with E-state index in [-0.39, 0.29) is 12.1 Å². The molecule has 134 valence electrons. The molecule has 2 amide bonds. The van der Waals surface area contributed by atoms with Gasteiger partial charge in [0, 0.05) is 12.1 Å². The SMILES string of the molecule is CC(C)COc1ccccc1NC(=O)NC[C@H](O)c1ccccc1F. The van der Waals surface area contributed by atoms with Crippen molar-refractivity contribution in [1.82, 2.24) is 5.32 Å². The molecule has 0 unspecified atom stereocenters. The van der Waals surface area contributed by atoms with Gasteiger partial charge in [0.25, 0.3) is 0 Å². The van der Waals surface area contributed by atoms with Crippen molar-refractivity contribution in [2.75, 3.05) is 18.5 Å². The van der Waals surface area contributed by atoms with Gasteiger partial charge in [0.15, 0.2) is 0 Å². The van der Waals surface area contributed by atoms with E-state index in [4.69, 9.17) is 4.74 Å². The lowest BCUT2D eigenvalue weighted by Crippen LogP contribution is -2.32. The fourth-order valence-electron chi connectivity index (χ4n) is 2.16. The molecule has 0 aliphatic rings. The molecule has 0 spiro atoms. The molecule has 5 nitrogen and oxygen atoms in total. The molecule has 25 heavy (non-hydrogen) atoms. The highest BCUT2D eigenvalue weighted by molar-refractivity contribution is 5.90. The van der Waals surface area contributed by atoms with Gasteiger partial charge in [-0.2, -0.15) is 0 Å². The van der Waals surface area contributed by atoms with Gasteiger partial charge in [-0.05, 0) is 24.1 Å². The summed E-state index contributed by atoms with van der Waals surface area (Å²) in [6.45, 7) is 4.49. The predicted octanol–water partition coefficient (Wildman–Crippen LogP) is 3.72. The summed E-state index contributed by atoms with van der Waals surface area (Å²) in [5.41, 5.74) is 0.671. The van der Waals surface area contributed by atoms with Gasteiger partial charge in [-0.3, -0.25) is 0 Å². The number of rotatable bonds is 7. The first-order chi connectivity index (χ1) is 12.0. The Morgan fingerprint density at radius 3 is 2.56 bits per heavy atom. The van der Waals surface area contributed by atoms with E-state index in [0.717, 1.165) is 0 Å². The average Bonchev–Trinajstić information content (AvgIpc) is 2.59. The normalized spacial score (nSPS) is 11.9. The van der Waals surface area contributed by atoms with Crippen LogP contribution in [0, 0.1) is 11.7 Å². The number of hydrogen-bond donors (Lipinski definition) is 3. The maximum Gasteiger partial charge on any atom is 0.319 e. The van der Waals surface area contributed by atoms with Crippen LogP contribution in [0.4, 0.5) is 14.9 Å². The summed E-state index contributed by atoms with van der Waals surface area (Å²) in [4.78, 5) is 12.0. The Morgan fingerprint density at radius 2 is 1.84 bits per heavy atom. The number of aliphatic hydroxyl groups is 1. The number of urea groups is 1. The molecule has 1 atom stereocenters. The van der Waals surface area contributed by atoms with Gasteiger partial charge in [0.2, 0.25) is 0 Å². The highest BCUT2D eigenvalue weighted by Crippen LogP contribution is 2.24. The van der Waals surface area contributed by atoms with E-state index in [0.29, 0.717) is 24.0 Å². The van der Waals surface area contributed by atoms with Crippen LogP contribution in [0.3, 0.4) is 0 Å². The molecule has 0 bridgehead atoms. The molecule has 0 heterocycles. The number of carbonyl (C=O) groups excluding carboxylic acids is 1. The monoisotopic (exact) mass is 346 g/mol. The Bertz CT molecular complexity index is 707. The van der Waals surface area contributed by atoms with Gasteiger partial charge in [0.1, 0.15) is 11.6 Å². The zero-order valence-corrected chi connectivity index (χ0v) is 14.3. The van der Waals surface area contributed by atoms with Crippen LogP contribution in [-0.4, -0.2) is 24.3 Å². The van der Waals surface area contributed by atoms with Crippen molar-refractivity contribution in [3.63, 3.8) is 0 Å². The Kier molecular flexibility index (Phi) is 6.77. The van der Waals surface area contributed by atoms with Crippen molar-refractivity contribution in [2.45, 2.75) is 20.0 Å². The molecule has 6 heteroatoms. The highest BCUT2D eigenvalue weighted by atomic mass is 19.1. The summed E-state index contributed by atoms with van der Waals surface area (Å²) in [6.07, 6.45) is -1.13. The first-order valence-corrected chi connectivity index (χ1v) is 8.16. The van der Waals surface area contributed by atoms with Gasteiger partial charge >= 0.3 is 6.03 Å². The van der Waals surface area contributed by atoms with Crippen LogP contribution in [-0.2, 0) is 0 Å². The van der Waals surface area contributed by atoms with E-state index in [1.54, 1.807) is 30.3 Å². The standard InChI is InChI=1S/C19H23FN2O3/c1-13(2)12-25-18-10-6-5-9-16(18)22-19(24)21-11-17(23)14-7-3-4-8-15(14)20/h3-10,13,17,23H,11-12H2,1-2H3,(H2,21,22,24)/t17-/m0/s1. The molecule has 2 aromatic rings. The van der Waals surface area contributed by atoms with Crippen molar-refractivity contribution in [3.05, 3.63) is 59.9 Å². The number of halogens is 1. The molecule has 0 fully saturated rings. The van der Waals surface area contributed by atoms with Crippen LogP contribution in [0.1, 0.15) is 25.5 Å². The molecular weight excluding hydrogens is 323 g/mol. The van der Waals surface area contributed by atoms with Crippen LogP contribution in [0.15, 0.2) is 48.5 Å². The summed E-state index contributed by atoms with van der Waals surface area (Å²) < 4.78 is 19.3. The third kappa shape index (κ3) is 5.76. The lowest BCUT2D eigenvalue weighted by molar-refractivity contribution is 0.170. The second kappa shape index (κ2) is 9.03. The average molecular weight is 346 g/mol. The smallest absolute Gasteiger partial charge is 0.319 e. The molecule has 0 radical (unpaired) electrons. The van der Waals surface area contributed by atoms with Gasteiger partial charge < -0.3 is 20.5 Å². The minimum absolute atomic E-state index is 0.109. The van der Waals surface area contributed by atoms with E-state index in [9.17, 15) is 14.3 Å². The van der Waals surface area contributed by atoms with Crippen LogP contribution < -0.4 is 15.4 Å². The molecular formula is C19H23FN2O3. The zero-order chi connectivity index (χ0) is 18.2. The topological polar surface area (TPSA) is 70.6 Å². The van der Waals surface area contributed by atoms with Crippen molar-refractivity contribution in [2.24, 2.45) is 5.92 Å². The zero-order valence-electron chi connectivity index (χ0n) is 14.3. The Labute approximate surface area is 146 Å². The third-order valence-corrected chi connectivity index (χ3v) is 3.43. The maximum absolute atomic E-state index is 13.6. The summed E-state index contributed by atoms with van der Waals surface area (Å²) in [7, 11) is 0. The number of aliphatic hydroxyl groups excluding tert-OH is 1. The molecule has 0 saturated carbocycles. The first-order valence-electron chi connectivity index (χ1n) is 8.16. The Balaban J connectivity index is 1.91. The molecule has 0 aliphatic heterocycles. The Morgan fingerprint density at radius 1 is 1.16 bits per heavy atom. The number of carbonyl (C=O) groups is 1. The van der Waals surface area contributed by atoms with E-state index >= 15 is 0 Å². The maximum atomic E-state index is 13.6. The van der Waals surface area contributed by atoms with Crippen LogP contribution in [0.2, 0.25) is 0 Å². The fourth-order valence-corrected chi connectivity index (χ4v) is 2.16. The van der Waals surface area contributed by atoms with Gasteiger partial charge in [-0.1, -0.05) is 44.2 Å². The van der Waals surface area contributed by atoms with Crippen molar-refractivity contribution in [1.29, 1.82) is 0 Å². The fraction of sp³-hybridized carbons (Fsp3) is 0.316. The van der Waals surface area contributed by atoms with Crippen LogP contribution in [0.25, 0.3) is 0 Å². The molecule has 2 rings (SSSR count). The molecule has 3 N–H and O–H groups in total. The first kappa shape index (κ1) is 18.7. The summed E-state index contributed by atoms with van der Waals surface area (Å²) in [5.74, 6) is 0.420. The summed E-state index contributed by atoms with van der Waals surface area (Å²) in [5, 5.41) is 15.2. The van der Waals surface area contributed by atoms with Crippen LogP contribution in [0.5, 0.6) is 5.75 Å². The van der Waals surface area contributed by atoms with E-state index < -0.39 is 18.0 Å². The highest BCUT2D eigenvalue weighted by Gasteiger charge is 2.14. The molecule has 2 aromatic carbocycles. The largest absolute Gasteiger partial charge is 0.491 e. The lowest BCUT2D eigenvalue weighted by atomic mass is 10.1. The summed E-state index contributed by atoms with van der Waals surface area (Å²) in [6, 6.07) is 12.5. The number of amides is 2. The quantitative estimate of drug-likeness (QED) is 0.716.